The molecule has 43 heavy (non-hydrogen) atoms. The molecule has 0 aromatic heterocycles. The summed E-state index contributed by atoms with van der Waals surface area (Å²) in [7, 11) is 1.83. The summed E-state index contributed by atoms with van der Waals surface area (Å²) in [6.45, 7) is 9.22. The molecule has 3 aromatic rings. The van der Waals surface area contributed by atoms with Crippen LogP contribution in [-0.4, -0.2) is 48.6 Å². The molecular weight excluding hydrogens is 528 g/mol. The monoisotopic (exact) mass is 574 g/mol. The van der Waals surface area contributed by atoms with Gasteiger partial charge in [0.25, 0.3) is 0 Å². The van der Waals surface area contributed by atoms with Crippen molar-refractivity contribution in [2.45, 2.75) is 82.8 Å². The van der Waals surface area contributed by atoms with Gasteiger partial charge in [0.2, 0.25) is 0 Å². The lowest BCUT2D eigenvalue weighted by atomic mass is 9.43. The van der Waals surface area contributed by atoms with Gasteiger partial charge in [0.05, 0.1) is 7.11 Å². The minimum Gasteiger partial charge on any atom is -0.493 e. The van der Waals surface area contributed by atoms with E-state index >= 15 is 0 Å². The first-order chi connectivity index (χ1) is 21.0. The Morgan fingerprint density at radius 1 is 0.907 bits per heavy atom. The number of benzene rings is 3. The predicted molar refractivity (Wildman–Crippen MR) is 171 cm³/mol. The number of hydrogen-bond acceptors (Lipinski definition) is 4. The van der Waals surface area contributed by atoms with Crippen LogP contribution in [0.4, 0.5) is 0 Å². The highest BCUT2D eigenvalue weighted by Gasteiger charge is 2.76. The SMILES string of the molecule is COc1ccc2c(c1Oc1ccc(C)cc1C)C13CCN(CC4CC4)[C@H](C2)C12CCC1C3[C@@H](CN1Cc1ccccc1)C2. The zero-order valence-electron chi connectivity index (χ0n) is 26.1. The van der Waals surface area contributed by atoms with E-state index in [0.29, 0.717) is 23.4 Å². The van der Waals surface area contributed by atoms with Gasteiger partial charge in [-0.25, -0.2) is 0 Å². The summed E-state index contributed by atoms with van der Waals surface area (Å²) in [5.41, 5.74) is 7.48. The minimum absolute atomic E-state index is 0.146. The zero-order valence-corrected chi connectivity index (χ0v) is 26.1. The van der Waals surface area contributed by atoms with Crippen LogP contribution in [0, 0.1) is 37.0 Å². The molecule has 0 radical (unpaired) electrons. The van der Waals surface area contributed by atoms with Crippen LogP contribution in [-0.2, 0) is 18.4 Å². The largest absolute Gasteiger partial charge is 0.493 e. The molecule has 2 aliphatic heterocycles. The van der Waals surface area contributed by atoms with Crippen molar-refractivity contribution in [3.05, 3.63) is 88.5 Å². The lowest BCUT2D eigenvalue weighted by Gasteiger charge is -2.66. The second-order valence-corrected chi connectivity index (χ2v) is 15.0. The van der Waals surface area contributed by atoms with Crippen LogP contribution in [0.15, 0.2) is 60.7 Å². The number of aryl methyl sites for hydroxylation is 2. The molecule has 2 heterocycles. The minimum atomic E-state index is 0.146. The fraction of sp³-hybridized carbons (Fsp3) is 0.538. The molecule has 3 saturated carbocycles. The molecule has 4 aliphatic carbocycles. The third-order valence-corrected chi connectivity index (χ3v) is 13.0. The molecule has 6 atom stereocenters. The standard InChI is InChI=1S/C39H46N2O2/c1-25-9-13-32(26(2)19-25)43-37-33(42-3)14-12-29-20-34-38-16-15-31-35(30(21-38)24-41(31)23-27-7-5-4-6-8-27)39(38,36(29)37)17-18-40(34)22-28-10-11-28/h4-9,12-14,19,28,30-31,34-35H,10-11,15-18,20-24H2,1-3H3/t30-,31?,34-,35?,38?,39?/m1/s1. The van der Waals surface area contributed by atoms with Crippen LogP contribution in [0.2, 0.25) is 0 Å². The second kappa shape index (κ2) is 9.59. The molecule has 5 fully saturated rings. The fourth-order valence-corrected chi connectivity index (χ4v) is 11.4. The van der Waals surface area contributed by atoms with E-state index < -0.39 is 0 Å². The van der Waals surface area contributed by atoms with Gasteiger partial charge in [-0.15, -0.1) is 0 Å². The van der Waals surface area contributed by atoms with Gasteiger partial charge in [0, 0.05) is 42.7 Å². The van der Waals surface area contributed by atoms with Gasteiger partial charge in [-0.05, 0) is 117 Å². The fourth-order valence-electron chi connectivity index (χ4n) is 11.4. The Balaban J connectivity index is 1.21. The summed E-state index contributed by atoms with van der Waals surface area (Å²) in [5, 5.41) is 0. The second-order valence-electron chi connectivity index (χ2n) is 15.0. The summed E-state index contributed by atoms with van der Waals surface area (Å²) < 4.78 is 13.3. The molecule has 6 aliphatic rings. The van der Waals surface area contributed by atoms with Crippen molar-refractivity contribution in [3.8, 4) is 17.2 Å². The van der Waals surface area contributed by atoms with Gasteiger partial charge < -0.3 is 9.47 Å². The first-order valence-electron chi connectivity index (χ1n) is 17.0. The summed E-state index contributed by atoms with van der Waals surface area (Å²) in [6, 6.07) is 23.7. The van der Waals surface area contributed by atoms with Crippen LogP contribution in [0.25, 0.3) is 0 Å². The summed E-state index contributed by atoms with van der Waals surface area (Å²) in [5.74, 6) is 5.26. The summed E-state index contributed by atoms with van der Waals surface area (Å²) >= 11 is 0. The van der Waals surface area contributed by atoms with Gasteiger partial charge in [0.15, 0.2) is 11.5 Å². The Kier molecular flexibility index (Phi) is 5.92. The highest BCUT2D eigenvalue weighted by Crippen LogP contribution is 2.77. The van der Waals surface area contributed by atoms with Gasteiger partial charge in [-0.3, -0.25) is 9.80 Å². The number of ether oxygens (including phenoxy) is 2. The highest BCUT2D eigenvalue weighted by atomic mass is 16.5. The maximum Gasteiger partial charge on any atom is 0.173 e. The van der Waals surface area contributed by atoms with Crippen molar-refractivity contribution in [1.29, 1.82) is 0 Å². The number of fused-ring (bicyclic) bond motifs is 1. The molecule has 4 bridgehead atoms. The number of likely N-dealkylation sites (tertiary alicyclic amines) is 2. The van der Waals surface area contributed by atoms with Crippen LogP contribution in [0.5, 0.6) is 17.2 Å². The molecule has 0 N–H and O–H groups in total. The number of methoxy groups -OCH3 is 1. The molecule has 2 saturated heterocycles. The van der Waals surface area contributed by atoms with E-state index in [4.69, 9.17) is 9.47 Å². The van der Waals surface area contributed by atoms with E-state index in [1.807, 2.05) is 7.11 Å². The average molecular weight is 575 g/mol. The van der Waals surface area contributed by atoms with Crippen LogP contribution < -0.4 is 9.47 Å². The van der Waals surface area contributed by atoms with Crippen LogP contribution >= 0.6 is 0 Å². The first-order valence-corrected chi connectivity index (χ1v) is 17.0. The van der Waals surface area contributed by atoms with Gasteiger partial charge in [0.1, 0.15) is 5.75 Å². The Morgan fingerprint density at radius 3 is 2.53 bits per heavy atom. The molecule has 4 heteroatoms. The lowest BCUT2D eigenvalue weighted by molar-refractivity contribution is -0.106. The maximum atomic E-state index is 7.10. The van der Waals surface area contributed by atoms with Crippen molar-refractivity contribution in [1.82, 2.24) is 9.80 Å². The Labute approximate surface area is 257 Å². The molecular formula is C39H46N2O2. The van der Waals surface area contributed by atoms with Crippen LogP contribution in [0.3, 0.4) is 0 Å². The van der Waals surface area contributed by atoms with Gasteiger partial charge >= 0.3 is 0 Å². The Morgan fingerprint density at radius 2 is 1.74 bits per heavy atom. The zero-order chi connectivity index (χ0) is 28.9. The van der Waals surface area contributed by atoms with Crippen molar-refractivity contribution in [3.63, 3.8) is 0 Å². The van der Waals surface area contributed by atoms with E-state index in [1.165, 1.54) is 86.0 Å². The van der Waals surface area contributed by atoms with Gasteiger partial charge in [-0.2, -0.15) is 0 Å². The number of nitrogens with zero attached hydrogens (tertiary/aromatic N) is 2. The molecule has 3 aromatic carbocycles. The molecule has 0 amide bonds. The molecule has 0 spiro atoms. The number of rotatable bonds is 7. The van der Waals surface area contributed by atoms with Crippen molar-refractivity contribution in [2.24, 2.45) is 23.2 Å². The molecule has 4 nitrogen and oxygen atoms in total. The van der Waals surface area contributed by atoms with E-state index in [-0.39, 0.29) is 5.41 Å². The quantitative estimate of drug-likeness (QED) is 0.289. The topological polar surface area (TPSA) is 24.9 Å². The lowest BCUT2D eigenvalue weighted by Crippen LogP contribution is -2.69. The summed E-state index contributed by atoms with van der Waals surface area (Å²) in [6.07, 6.45) is 9.36. The van der Waals surface area contributed by atoms with Gasteiger partial charge in [-0.1, -0.05) is 54.1 Å². The van der Waals surface area contributed by atoms with E-state index in [2.05, 4.69) is 84.3 Å². The predicted octanol–water partition coefficient (Wildman–Crippen LogP) is 7.68. The molecule has 4 unspecified atom stereocenters. The Bertz CT molecular complexity index is 1560. The van der Waals surface area contributed by atoms with E-state index in [9.17, 15) is 0 Å². The van der Waals surface area contributed by atoms with E-state index in [0.717, 1.165) is 42.0 Å². The smallest absolute Gasteiger partial charge is 0.173 e. The number of piperidine rings is 1. The number of hydrogen-bond donors (Lipinski definition) is 0. The maximum absolute atomic E-state index is 7.10. The van der Waals surface area contributed by atoms with Crippen molar-refractivity contribution in [2.75, 3.05) is 26.7 Å². The average Bonchev–Trinajstić information content (AvgIpc) is 3.72. The molecule has 9 rings (SSSR count). The highest BCUT2D eigenvalue weighted by molar-refractivity contribution is 5.61. The van der Waals surface area contributed by atoms with Crippen molar-refractivity contribution >= 4 is 0 Å². The normalized spacial score (nSPS) is 34.1. The van der Waals surface area contributed by atoms with Crippen LogP contribution in [0.1, 0.15) is 66.3 Å². The summed E-state index contributed by atoms with van der Waals surface area (Å²) in [4.78, 5) is 5.87. The van der Waals surface area contributed by atoms with E-state index in [1.54, 1.807) is 0 Å². The molecule has 224 valence electrons. The Hall–Kier alpha value is -2.82. The first kappa shape index (κ1) is 26.6. The van der Waals surface area contributed by atoms with Crippen molar-refractivity contribution < 1.29 is 9.47 Å². The third kappa shape index (κ3) is 3.75. The third-order valence-electron chi connectivity index (χ3n) is 13.0.